The van der Waals surface area contributed by atoms with E-state index in [0.717, 1.165) is 44.1 Å². The van der Waals surface area contributed by atoms with Crippen LogP contribution in [0.2, 0.25) is 0 Å². The molecule has 1 aromatic rings. The van der Waals surface area contributed by atoms with Crippen LogP contribution < -0.4 is 10.6 Å². The van der Waals surface area contributed by atoms with Crippen molar-refractivity contribution in [2.24, 2.45) is 11.8 Å². The highest BCUT2D eigenvalue weighted by atomic mass is 16.5. The summed E-state index contributed by atoms with van der Waals surface area (Å²) >= 11 is 0. The second kappa shape index (κ2) is 7.44. The topological polar surface area (TPSA) is 87.7 Å². The molecule has 2 aliphatic carbocycles. The Kier molecular flexibility index (Phi) is 4.64. The average molecular weight is 436 g/mol. The van der Waals surface area contributed by atoms with E-state index in [2.05, 4.69) is 10.6 Å². The van der Waals surface area contributed by atoms with Crippen molar-refractivity contribution in [2.75, 3.05) is 0 Å². The van der Waals surface area contributed by atoms with E-state index in [0.29, 0.717) is 6.54 Å². The molecule has 5 aliphatic rings. The highest BCUT2D eigenvalue weighted by molar-refractivity contribution is 6.00. The van der Waals surface area contributed by atoms with Gasteiger partial charge in [-0.25, -0.2) is 0 Å². The van der Waals surface area contributed by atoms with E-state index in [4.69, 9.17) is 4.74 Å². The molecule has 2 saturated carbocycles. The lowest BCUT2D eigenvalue weighted by molar-refractivity contribution is -0.142. The van der Waals surface area contributed by atoms with E-state index in [1.807, 2.05) is 42.5 Å². The smallest absolute Gasteiger partial charge is 0.246 e. The van der Waals surface area contributed by atoms with Gasteiger partial charge in [0, 0.05) is 18.6 Å². The number of hydrogen-bond acceptors (Lipinski definition) is 4. The summed E-state index contributed by atoms with van der Waals surface area (Å²) in [4.78, 5) is 42.2. The molecule has 7 nitrogen and oxygen atoms in total. The quantitative estimate of drug-likeness (QED) is 0.666. The minimum atomic E-state index is -1.08. The molecule has 0 radical (unpaired) electrons. The van der Waals surface area contributed by atoms with E-state index in [1.165, 1.54) is 0 Å². The summed E-state index contributed by atoms with van der Waals surface area (Å²) in [6, 6.07) is 9.27. The Hall–Kier alpha value is -2.67. The first-order valence-electron chi connectivity index (χ1n) is 11.9. The Morgan fingerprint density at radius 2 is 1.69 bits per heavy atom. The second-order valence-electron chi connectivity index (χ2n) is 9.93. The summed E-state index contributed by atoms with van der Waals surface area (Å²) in [6.45, 7) is 0.319. The molecule has 5 atom stereocenters. The molecule has 168 valence electrons. The van der Waals surface area contributed by atoms with Crippen LogP contribution in [0.3, 0.4) is 0 Å². The first kappa shape index (κ1) is 20.0. The van der Waals surface area contributed by atoms with Gasteiger partial charge in [0.15, 0.2) is 0 Å². The maximum absolute atomic E-state index is 13.8. The van der Waals surface area contributed by atoms with Gasteiger partial charge in [-0.2, -0.15) is 0 Å². The van der Waals surface area contributed by atoms with Gasteiger partial charge >= 0.3 is 0 Å². The Balaban J connectivity index is 1.34. The fraction of sp³-hybridized carbons (Fsp3) is 0.560. The number of hydrogen-bond donors (Lipinski definition) is 2. The zero-order valence-electron chi connectivity index (χ0n) is 18.0. The SMILES string of the molecule is O=C(NC1CC1)[C@H]1[C@H]2C=C[C@]3(O2)[C@H]1C(=O)N(Cc1ccccc1)[C@@H]3C(=O)NC1CCCC1. The van der Waals surface area contributed by atoms with Gasteiger partial charge in [-0.05, 0) is 31.2 Å². The van der Waals surface area contributed by atoms with Crippen LogP contribution in [0.25, 0.3) is 0 Å². The van der Waals surface area contributed by atoms with Gasteiger partial charge in [-0.1, -0.05) is 55.3 Å². The largest absolute Gasteiger partial charge is 0.359 e. The first-order valence-corrected chi connectivity index (χ1v) is 11.9. The van der Waals surface area contributed by atoms with Gasteiger partial charge in [0.25, 0.3) is 0 Å². The Morgan fingerprint density at radius 1 is 1.00 bits per heavy atom. The zero-order valence-corrected chi connectivity index (χ0v) is 18.0. The van der Waals surface area contributed by atoms with Gasteiger partial charge in [0.1, 0.15) is 11.6 Å². The molecule has 3 heterocycles. The van der Waals surface area contributed by atoms with Gasteiger partial charge in [-0.3, -0.25) is 14.4 Å². The Bertz CT molecular complexity index is 969. The predicted molar refractivity (Wildman–Crippen MR) is 116 cm³/mol. The van der Waals surface area contributed by atoms with Crippen molar-refractivity contribution < 1.29 is 19.1 Å². The molecule has 1 aromatic carbocycles. The fourth-order valence-corrected chi connectivity index (χ4v) is 6.09. The maximum atomic E-state index is 13.8. The van der Waals surface area contributed by atoms with Gasteiger partial charge in [0.05, 0.1) is 17.9 Å². The lowest BCUT2D eigenvalue weighted by atomic mass is 9.74. The third kappa shape index (κ3) is 3.09. The minimum Gasteiger partial charge on any atom is -0.359 e. The lowest BCUT2D eigenvalue weighted by Gasteiger charge is -2.33. The molecular weight excluding hydrogens is 406 g/mol. The van der Waals surface area contributed by atoms with Gasteiger partial charge in [-0.15, -0.1) is 0 Å². The third-order valence-electron chi connectivity index (χ3n) is 7.75. The second-order valence-corrected chi connectivity index (χ2v) is 9.93. The van der Waals surface area contributed by atoms with Crippen molar-refractivity contribution in [1.82, 2.24) is 15.5 Å². The fourth-order valence-electron chi connectivity index (χ4n) is 6.09. The highest BCUT2D eigenvalue weighted by Crippen LogP contribution is 2.55. The van der Waals surface area contributed by atoms with Crippen LogP contribution in [0.4, 0.5) is 0 Å². The Morgan fingerprint density at radius 3 is 2.41 bits per heavy atom. The summed E-state index contributed by atoms with van der Waals surface area (Å²) < 4.78 is 6.36. The third-order valence-corrected chi connectivity index (χ3v) is 7.75. The molecule has 3 amide bonds. The molecule has 6 rings (SSSR count). The highest BCUT2D eigenvalue weighted by Gasteiger charge is 2.72. The zero-order chi connectivity index (χ0) is 21.9. The monoisotopic (exact) mass is 435 g/mol. The van der Waals surface area contributed by atoms with Crippen molar-refractivity contribution >= 4 is 17.7 Å². The number of likely N-dealkylation sites (tertiary alicyclic amines) is 1. The first-order chi connectivity index (χ1) is 15.6. The van der Waals surface area contributed by atoms with Crippen LogP contribution in [-0.4, -0.2) is 52.5 Å². The molecule has 0 aromatic heterocycles. The van der Waals surface area contributed by atoms with Crippen molar-refractivity contribution in [3.8, 4) is 0 Å². The standard InChI is InChI=1S/C25H29N3O4/c29-22(26-17-10-11-17)19-18-12-13-25(32-18)20(19)24(31)28(14-15-6-2-1-3-7-15)21(25)23(30)27-16-8-4-5-9-16/h1-3,6-7,12-13,16-21H,4-5,8-11,14H2,(H,26,29)(H,27,30)/t18-,19+,20-,21-,25+/m1/s1. The van der Waals surface area contributed by atoms with Crippen LogP contribution in [0.1, 0.15) is 44.1 Å². The number of nitrogens with one attached hydrogen (secondary N) is 2. The maximum Gasteiger partial charge on any atom is 0.246 e. The molecule has 7 heteroatoms. The van der Waals surface area contributed by atoms with Crippen molar-refractivity contribution in [3.63, 3.8) is 0 Å². The lowest BCUT2D eigenvalue weighted by Crippen LogP contribution is -2.55. The molecule has 3 aliphatic heterocycles. The van der Waals surface area contributed by atoms with E-state index in [9.17, 15) is 14.4 Å². The number of benzene rings is 1. The van der Waals surface area contributed by atoms with Crippen LogP contribution in [0.15, 0.2) is 42.5 Å². The van der Waals surface area contributed by atoms with Crippen LogP contribution in [-0.2, 0) is 25.7 Å². The molecule has 4 fully saturated rings. The van der Waals surface area contributed by atoms with Gasteiger partial charge in [0.2, 0.25) is 17.7 Å². The number of carbonyl (C=O) groups is 3. The van der Waals surface area contributed by atoms with E-state index >= 15 is 0 Å². The average Bonchev–Trinajstić information content (AvgIpc) is 3.14. The Labute approximate surface area is 187 Å². The molecule has 0 unspecified atom stereocenters. The van der Waals surface area contributed by atoms with E-state index in [-0.39, 0.29) is 29.8 Å². The number of fused-ring (bicyclic) bond motifs is 1. The van der Waals surface area contributed by atoms with E-state index in [1.54, 1.807) is 4.90 Å². The molecule has 1 spiro atoms. The molecular formula is C25H29N3O4. The van der Waals surface area contributed by atoms with Crippen LogP contribution in [0.5, 0.6) is 0 Å². The summed E-state index contributed by atoms with van der Waals surface area (Å²) in [6.07, 6.45) is 9.42. The molecule has 32 heavy (non-hydrogen) atoms. The number of nitrogens with zero attached hydrogens (tertiary/aromatic N) is 1. The summed E-state index contributed by atoms with van der Waals surface area (Å²) in [5.74, 6) is -1.71. The number of amides is 3. The van der Waals surface area contributed by atoms with Gasteiger partial charge < -0.3 is 20.3 Å². The van der Waals surface area contributed by atoms with Crippen molar-refractivity contribution in [1.29, 1.82) is 0 Å². The summed E-state index contributed by atoms with van der Waals surface area (Å²) in [5, 5.41) is 6.24. The predicted octanol–water partition coefficient (Wildman–Crippen LogP) is 1.67. The number of ether oxygens (including phenoxy) is 1. The normalized spacial score (nSPS) is 35.4. The van der Waals surface area contributed by atoms with Crippen LogP contribution in [0, 0.1) is 11.8 Å². The molecule has 2 saturated heterocycles. The van der Waals surface area contributed by atoms with Crippen molar-refractivity contribution in [2.45, 2.75) is 74.9 Å². The summed E-state index contributed by atoms with van der Waals surface area (Å²) in [7, 11) is 0. The van der Waals surface area contributed by atoms with Crippen LogP contribution >= 0.6 is 0 Å². The molecule has 2 N–H and O–H groups in total. The number of rotatable bonds is 6. The van der Waals surface area contributed by atoms with E-state index < -0.39 is 29.6 Å². The molecule has 2 bridgehead atoms. The summed E-state index contributed by atoms with van der Waals surface area (Å²) in [5.41, 5.74) is -0.126. The van der Waals surface area contributed by atoms with Crippen molar-refractivity contribution in [3.05, 3.63) is 48.0 Å². The minimum absolute atomic E-state index is 0.126. The number of carbonyl (C=O) groups excluding carboxylic acids is 3.